The molecule has 1 aliphatic heterocycles. The molecule has 1 aromatic heterocycles. The highest BCUT2D eigenvalue weighted by molar-refractivity contribution is 7.18. The predicted octanol–water partition coefficient (Wildman–Crippen LogP) is 4.80. The maximum atomic E-state index is 14.0. The van der Waals surface area contributed by atoms with Gasteiger partial charge in [-0.25, -0.2) is 9.37 Å². The predicted molar refractivity (Wildman–Crippen MR) is 93.6 cm³/mol. The molecule has 3 nitrogen and oxygen atoms in total. The molecule has 1 aliphatic rings. The van der Waals surface area contributed by atoms with Gasteiger partial charge in [0, 0.05) is 6.54 Å². The average Bonchev–Trinajstić information content (AvgIpc) is 3.05. The van der Waals surface area contributed by atoms with Crippen LogP contribution < -0.4 is 0 Å². The zero-order valence-electron chi connectivity index (χ0n) is 13.1. The molecule has 1 saturated heterocycles. The van der Waals surface area contributed by atoms with Crippen LogP contribution in [0.3, 0.4) is 0 Å². The molecule has 0 saturated carbocycles. The minimum atomic E-state index is -0.462. The number of carbonyl (C=O) groups excluding carboxylic acids is 1. The first kappa shape index (κ1) is 15.3. The summed E-state index contributed by atoms with van der Waals surface area (Å²) >= 11 is 1.63. The summed E-state index contributed by atoms with van der Waals surface area (Å²) in [6.07, 6.45) is 2.88. The number of rotatable bonds is 2. The molecule has 0 aliphatic carbocycles. The molecule has 24 heavy (non-hydrogen) atoms. The summed E-state index contributed by atoms with van der Waals surface area (Å²) < 4.78 is 15.2. The summed E-state index contributed by atoms with van der Waals surface area (Å²) in [6, 6.07) is 14.1. The summed E-state index contributed by atoms with van der Waals surface area (Å²) in [4.78, 5) is 19.4. The highest BCUT2D eigenvalue weighted by atomic mass is 32.1. The molecule has 0 bridgehead atoms. The Morgan fingerprint density at radius 1 is 1.12 bits per heavy atom. The molecule has 1 unspecified atom stereocenters. The van der Waals surface area contributed by atoms with Gasteiger partial charge in [-0.1, -0.05) is 24.3 Å². The maximum absolute atomic E-state index is 14.0. The number of likely N-dealkylation sites (tertiary alicyclic amines) is 1. The number of carbonyl (C=O) groups is 1. The van der Waals surface area contributed by atoms with E-state index in [1.54, 1.807) is 34.4 Å². The van der Waals surface area contributed by atoms with E-state index >= 15 is 0 Å². The molecule has 2 heterocycles. The van der Waals surface area contributed by atoms with Crippen LogP contribution in [-0.4, -0.2) is 22.3 Å². The second-order valence-electron chi connectivity index (χ2n) is 6.01. The van der Waals surface area contributed by atoms with E-state index in [0.29, 0.717) is 6.54 Å². The largest absolute Gasteiger partial charge is 0.329 e. The number of halogens is 1. The lowest BCUT2D eigenvalue weighted by Crippen LogP contribution is -2.38. The van der Waals surface area contributed by atoms with E-state index in [0.717, 1.165) is 34.5 Å². The summed E-state index contributed by atoms with van der Waals surface area (Å²) in [5.41, 5.74) is 1.10. The molecule has 3 aromatic rings. The fraction of sp³-hybridized carbons (Fsp3) is 0.263. The summed E-state index contributed by atoms with van der Waals surface area (Å²) in [5, 5.41) is 0.945. The number of nitrogens with zero attached hydrogens (tertiary/aromatic N) is 2. The molecule has 0 radical (unpaired) electrons. The lowest BCUT2D eigenvalue weighted by atomic mass is 10.0. The van der Waals surface area contributed by atoms with Crippen molar-refractivity contribution in [1.29, 1.82) is 0 Å². The number of aromatic nitrogens is 1. The van der Waals surface area contributed by atoms with Crippen molar-refractivity contribution in [2.45, 2.75) is 25.3 Å². The zero-order valence-corrected chi connectivity index (χ0v) is 13.9. The van der Waals surface area contributed by atoms with Gasteiger partial charge in [0.15, 0.2) is 0 Å². The third-order valence-corrected chi connectivity index (χ3v) is 5.60. The second-order valence-corrected chi connectivity index (χ2v) is 7.07. The van der Waals surface area contributed by atoms with Crippen molar-refractivity contribution in [3.63, 3.8) is 0 Å². The Labute approximate surface area is 143 Å². The van der Waals surface area contributed by atoms with Gasteiger partial charge in [0.1, 0.15) is 10.8 Å². The topological polar surface area (TPSA) is 33.2 Å². The molecule has 2 aromatic carbocycles. The Balaban J connectivity index is 1.70. The molecular formula is C19H17FN2OS. The van der Waals surface area contributed by atoms with Crippen LogP contribution >= 0.6 is 11.3 Å². The number of hydrogen-bond donors (Lipinski definition) is 0. The van der Waals surface area contributed by atoms with Crippen molar-refractivity contribution in [1.82, 2.24) is 9.88 Å². The second kappa shape index (κ2) is 6.32. The molecule has 1 amide bonds. The Bertz CT molecular complexity index is 859. The van der Waals surface area contributed by atoms with Crippen molar-refractivity contribution >= 4 is 27.5 Å². The van der Waals surface area contributed by atoms with Crippen molar-refractivity contribution in [2.75, 3.05) is 6.54 Å². The maximum Gasteiger partial charge on any atom is 0.257 e. The standard InChI is InChI=1S/C19H17FN2OS/c20-14-8-2-1-7-13(14)19(23)22-12-6-5-10-16(22)18-21-15-9-3-4-11-17(15)24-18/h1-4,7-9,11,16H,5-6,10,12H2. The van der Waals surface area contributed by atoms with Gasteiger partial charge in [0.05, 0.1) is 21.8 Å². The van der Waals surface area contributed by atoms with E-state index in [1.165, 1.54) is 6.07 Å². The zero-order chi connectivity index (χ0) is 16.5. The number of benzene rings is 2. The number of hydrogen-bond acceptors (Lipinski definition) is 3. The van der Waals surface area contributed by atoms with Gasteiger partial charge in [-0.05, 0) is 43.5 Å². The van der Waals surface area contributed by atoms with E-state index in [4.69, 9.17) is 4.98 Å². The highest BCUT2D eigenvalue weighted by Gasteiger charge is 2.31. The van der Waals surface area contributed by atoms with Gasteiger partial charge in [-0.15, -0.1) is 11.3 Å². The van der Waals surface area contributed by atoms with Crippen LogP contribution in [0.5, 0.6) is 0 Å². The summed E-state index contributed by atoms with van der Waals surface area (Å²) in [5.74, 6) is -0.701. The van der Waals surface area contributed by atoms with Gasteiger partial charge in [0.2, 0.25) is 0 Å². The summed E-state index contributed by atoms with van der Waals surface area (Å²) in [7, 11) is 0. The van der Waals surface area contributed by atoms with Crippen LogP contribution in [0.2, 0.25) is 0 Å². The molecule has 122 valence electrons. The lowest BCUT2D eigenvalue weighted by molar-refractivity contribution is 0.0606. The molecule has 1 atom stereocenters. The van der Waals surface area contributed by atoms with E-state index in [-0.39, 0.29) is 17.5 Å². The number of piperidine rings is 1. The van der Waals surface area contributed by atoms with Crippen molar-refractivity contribution in [3.05, 3.63) is 64.9 Å². The minimum Gasteiger partial charge on any atom is -0.329 e. The number of amides is 1. The summed E-state index contributed by atoms with van der Waals surface area (Å²) in [6.45, 7) is 0.647. The molecular weight excluding hydrogens is 323 g/mol. The highest BCUT2D eigenvalue weighted by Crippen LogP contribution is 2.36. The van der Waals surface area contributed by atoms with E-state index in [9.17, 15) is 9.18 Å². The monoisotopic (exact) mass is 340 g/mol. The molecule has 0 spiro atoms. The van der Waals surface area contributed by atoms with E-state index in [1.807, 2.05) is 24.3 Å². The molecule has 5 heteroatoms. The number of para-hydroxylation sites is 1. The van der Waals surface area contributed by atoms with Gasteiger partial charge in [-0.3, -0.25) is 4.79 Å². The first-order valence-corrected chi connectivity index (χ1v) is 8.96. The van der Waals surface area contributed by atoms with Gasteiger partial charge >= 0.3 is 0 Å². The Hall–Kier alpha value is -2.27. The fourth-order valence-electron chi connectivity index (χ4n) is 3.25. The average molecular weight is 340 g/mol. The van der Waals surface area contributed by atoms with Crippen LogP contribution in [0.25, 0.3) is 10.2 Å². The van der Waals surface area contributed by atoms with Crippen LogP contribution in [0.15, 0.2) is 48.5 Å². The van der Waals surface area contributed by atoms with E-state index in [2.05, 4.69) is 0 Å². The molecule has 4 rings (SSSR count). The van der Waals surface area contributed by atoms with Crippen LogP contribution in [0.4, 0.5) is 4.39 Å². The van der Waals surface area contributed by atoms with Crippen LogP contribution in [0.1, 0.15) is 40.7 Å². The Morgan fingerprint density at radius 3 is 2.75 bits per heavy atom. The smallest absolute Gasteiger partial charge is 0.257 e. The Morgan fingerprint density at radius 2 is 1.92 bits per heavy atom. The number of fused-ring (bicyclic) bond motifs is 1. The van der Waals surface area contributed by atoms with Crippen molar-refractivity contribution in [3.8, 4) is 0 Å². The number of thiazole rings is 1. The SMILES string of the molecule is O=C(c1ccccc1F)N1CCCCC1c1nc2ccccc2s1. The molecule has 1 fully saturated rings. The third kappa shape index (κ3) is 2.69. The quantitative estimate of drug-likeness (QED) is 0.671. The molecule has 0 N–H and O–H groups in total. The first-order chi connectivity index (χ1) is 11.7. The van der Waals surface area contributed by atoms with Gasteiger partial charge < -0.3 is 4.90 Å². The fourth-order valence-corrected chi connectivity index (χ4v) is 4.37. The third-order valence-electron chi connectivity index (χ3n) is 4.46. The first-order valence-electron chi connectivity index (χ1n) is 8.15. The van der Waals surface area contributed by atoms with Gasteiger partial charge in [0.25, 0.3) is 5.91 Å². The lowest BCUT2D eigenvalue weighted by Gasteiger charge is -2.34. The van der Waals surface area contributed by atoms with Gasteiger partial charge in [-0.2, -0.15) is 0 Å². The Kier molecular flexibility index (Phi) is 4.02. The van der Waals surface area contributed by atoms with Crippen LogP contribution in [-0.2, 0) is 0 Å². The van der Waals surface area contributed by atoms with Crippen molar-refractivity contribution in [2.24, 2.45) is 0 Å². The normalized spacial score (nSPS) is 18.0. The van der Waals surface area contributed by atoms with Crippen molar-refractivity contribution < 1.29 is 9.18 Å². The minimum absolute atomic E-state index is 0.0664. The van der Waals surface area contributed by atoms with Crippen LogP contribution in [0, 0.1) is 5.82 Å². The van der Waals surface area contributed by atoms with E-state index < -0.39 is 5.82 Å².